The van der Waals surface area contributed by atoms with E-state index in [1.807, 2.05) is 11.3 Å². The molecule has 0 unspecified atom stereocenters. The van der Waals surface area contributed by atoms with Gasteiger partial charge in [0, 0.05) is 15.6 Å². The Bertz CT molecular complexity index is 1520. The van der Waals surface area contributed by atoms with Crippen molar-refractivity contribution in [3.8, 4) is 11.3 Å². The fraction of sp³-hybridized carbons (Fsp3) is 0.310. The number of fused-ring (bicyclic) bond motifs is 4. The molecule has 0 N–H and O–H groups in total. The van der Waals surface area contributed by atoms with Gasteiger partial charge in [0.1, 0.15) is 6.33 Å². The highest BCUT2D eigenvalue weighted by atomic mass is 32.1. The van der Waals surface area contributed by atoms with Gasteiger partial charge in [0.15, 0.2) is 0 Å². The number of benzene rings is 3. The summed E-state index contributed by atoms with van der Waals surface area (Å²) in [6.45, 7) is 16.4. The van der Waals surface area contributed by atoms with Gasteiger partial charge < -0.3 is 0 Å². The Kier molecular flexibility index (Phi) is 5.22. The normalized spacial score (nSPS) is 12.8. The maximum Gasteiger partial charge on any atom is 0.116 e. The van der Waals surface area contributed by atoms with Crippen molar-refractivity contribution < 1.29 is 0 Å². The third kappa shape index (κ3) is 4.11. The number of hydrogen-bond donors (Lipinski definition) is 0. The lowest BCUT2D eigenvalue weighted by Gasteiger charge is -2.21. The lowest BCUT2D eigenvalue weighted by molar-refractivity contribution is 0.410. The average molecular weight is 469 g/mol. The smallest absolute Gasteiger partial charge is 0.116 e. The summed E-state index contributed by atoms with van der Waals surface area (Å²) in [7, 11) is -1.54. The van der Waals surface area contributed by atoms with Gasteiger partial charge in [0.2, 0.25) is 0 Å². The zero-order valence-corrected chi connectivity index (χ0v) is 22.5. The van der Waals surface area contributed by atoms with E-state index in [9.17, 15) is 0 Å². The number of nitrogens with zero attached hydrogens (tertiary/aromatic N) is 2. The molecule has 33 heavy (non-hydrogen) atoms. The van der Waals surface area contributed by atoms with Gasteiger partial charge in [-0.25, -0.2) is 9.97 Å². The van der Waals surface area contributed by atoms with Gasteiger partial charge in [0.05, 0.1) is 24.0 Å². The molecule has 0 amide bonds. The maximum absolute atomic E-state index is 4.82. The molecule has 2 nitrogen and oxygen atoms in total. The van der Waals surface area contributed by atoms with Crippen LogP contribution < -0.4 is 5.19 Å². The Balaban J connectivity index is 1.76. The van der Waals surface area contributed by atoms with Crippen molar-refractivity contribution in [3.63, 3.8) is 0 Å². The summed E-state index contributed by atoms with van der Waals surface area (Å²) in [6, 6.07) is 18.2. The van der Waals surface area contributed by atoms with Crippen LogP contribution in [0, 0.1) is 12.3 Å². The average Bonchev–Trinajstić information content (AvgIpc) is 3.09. The second kappa shape index (κ2) is 7.75. The summed E-state index contributed by atoms with van der Waals surface area (Å²) in [5.74, 6) is 0. The summed E-state index contributed by atoms with van der Waals surface area (Å²) in [5, 5.41) is 5.42. The predicted octanol–water partition coefficient (Wildman–Crippen LogP) is 8.11. The van der Waals surface area contributed by atoms with E-state index in [1.54, 1.807) is 6.33 Å². The van der Waals surface area contributed by atoms with Crippen molar-refractivity contribution in [2.75, 3.05) is 0 Å². The van der Waals surface area contributed by atoms with E-state index < -0.39 is 8.07 Å². The fourth-order valence-electron chi connectivity index (χ4n) is 4.81. The van der Waals surface area contributed by atoms with Crippen molar-refractivity contribution in [3.05, 3.63) is 66.0 Å². The van der Waals surface area contributed by atoms with Gasteiger partial charge >= 0.3 is 0 Å². The standard InChI is InChI=1S/C29H32N2SSi/c1-18-12-23-24(14-21(18)16-29(2,3)4)32-28-26(30-17-31-27(23)28)20-13-19-10-8-9-11-22(19)25(15-20)33(5,6)7/h8-15,17H,16H2,1-7H3. The molecule has 0 saturated carbocycles. The van der Waals surface area contributed by atoms with E-state index in [4.69, 9.17) is 9.97 Å². The topological polar surface area (TPSA) is 25.8 Å². The number of rotatable bonds is 3. The van der Waals surface area contributed by atoms with Crippen molar-refractivity contribution in [2.45, 2.75) is 53.8 Å². The van der Waals surface area contributed by atoms with Crippen LogP contribution in [0.5, 0.6) is 0 Å². The Morgan fingerprint density at radius 1 is 0.909 bits per heavy atom. The largest absolute Gasteiger partial charge is 0.235 e. The lowest BCUT2D eigenvalue weighted by Crippen LogP contribution is -2.38. The number of aromatic nitrogens is 2. The van der Waals surface area contributed by atoms with Gasteiger partial charge in [-0.3, -0.25) is 0 Å². The van der Waals surface area contributed by atoms with Crippen molar-refractivity contribution in [2.24, 2.45) is 5.41 Å². The predicted molar refractivity (Wildman–Crippen MR) is 149 cm³/mol. The van der Waals surface area contributed by atoms with Crippen molar-refractivity contribution >= 4 is 55.7 Å². The minimum absolute atomic E-state index is 0.262. The van der Waals surface area contributed by atoms with Gasteiger partial charge in [-0.15, -0.1) is 11.3 Å². The number of hydrogen-bond acceptors (Lipinski definition) is 3. The Labute approximate surface area is 201 Å². The van der Waals surface area contributed by atoms with Gasteiger partial charge in [-0.1, -0.05) is 75.9 Å². The van der Waals surface area contributed by atoms with Gasteiger partial charge in [0.25, 0.3) is 0 Å². The van der Waals surface area contributed by atoms with E-state index in [0.29, 0.717) is 0 Å². The van der Waals surface area contributed by atoms with Crippen LogP contribution in [0.25, 0.3) is 42.3 Å². The van der Waals surface area contributed by atoms with Crippen LogP contribution in [0.4, 0.5) is 0 Å². The van der Waals surface area contributed by atoms with E-state index in [2.05, 4.69) is 95.9 Å². The van der Waals surface area contributed by atoms with Crippen LogP contribution >= 0.6 is 11.3 Å². The molecule has 0 aliphatic rings. The molecule has 2 aromatic heterocycles. The molecule has 0 aliphatic heterocycles. The first-order valence-corrected chi connectivity index (χ1v) is 16.0. The molecule has 0 radical (unpaired) electrons. The van der Waals surface area contributed by atoms with Crippen LogP contribution in [-0.2, 0) is 6.42 Å². The molecular weight excluding hydrogens is 436 g/mol. The summed E-state index contributed by atoms with van der Waals surface area (Å²) in [4.78, 5) is 9.56. The molecule has 4 heteroatoms. The first kappa shape index (κ1) is 22.2. The first-order valence-electron chi connectivity index (χ1n) is 11.7. The summed E-state index contributed by atoms with van der Waals surface area (Å²) >= 11 is 1.84. The zero-order valence-electron chi connectivity index (χ0n) is 20.7. The van der Waals surface area contributed by atoms with E-state index in [1.165, 1.54) is 47.4 Å². The minimum Gasteiger partial charge on any atom is -0.235 e. The van der Waals surface area contributed by atoms with Crippen LogP contribution in [0.2, 0.25) is 19.6 Å². The second-order valence-corrected chi connectivity index (χ2v) is 17.6. The molecule has 0 saturated heterocycles. The SMILES string of the molecule is Cc1cc2c(cc1CC(C)(C)C)sc1c(-c3cc([Si](C)(C)C)c4ccccc4c3)ncnc12. The van der Waals surface area contributed by atoms with Crippen molar-refractivity contribution in [1.29, 1.82) is 0 Å². The third-order valence-corrected chi connectivity index (χ3v) is 9.55. The van der Waals surface area contributed by atoms with E-state index >= 15 is 0 Å². The molecule has 0 atom stereocenters. The Morgan fingerprint density at radius 3 is 2.39 bits per heavy atom. The monoisotopic (exact) mass is 468 g/mol. The lowest BCUT2D eigenvalue weighted by atomic mass is 9.86. The molecule has 0 bridgehead atoms. The molecule has 0 aliphatic carbocycles. The Hall–Kier alpha value is -2.56. The van der Waals surface area contributed by atoms with Gasteiger partial charge in [-0.05, 0) is 58.9 Å². The molecule has 168 valence electrons. The molecule has 5 rings (SSSR count). The minimum atomic E-state index is -1.54. The summed E-state index contributed by atoms with van der Waals surface area (Å²) in [5.41, 5.74) is 6.39. The Morgan fingerprint density at radius 2 is 1.67 bits per heavy atom. The van der Waals surface area contributed by atoms with Crippen molar-refractivity contribution in [1.82, 2.24) is 9.97 Å². The van der Waals surface area contributed by atoms with E-state index in [0.717, 1.165) is 17.6 Å². The highest BCUT2D eigenvalue weighted by Crippen LogP contribution is 2.40. The highest BCUT2D eigenvalue weighted by Gasteiger charge is 2.22. The van der Waals surface area contributed by atoms with Gasteiger partial charge in [-0.2, -0.15) is 0 Å². The maximum atomic E-state index is 4.82. The molecule has 3 aromatic carbocycles. The second-order valence-electron chi connectivity index (χ2n) is 11.5. The summed E-state index contributed by atoms with van der Waals surface area (Å²) in [6.07, 6.45) is 2.82. The molecule has 5 aromatic rings. The summed E-state index contributed by atoms with van der Waals surface area (Å²) < 4.78 is 2.50. The fourth-order valence-corrected chi connectivity index (χ4v) is 7.64. The molecule has 0 spiro atoms. The van der Waals surface area contributed by atoms with Crippen LogP contribution in [0.3, 0.4) is 0 Å². The molecule has 0 fully saturated rings. The van der Waals surface area contributed by atoms with Crippen LogP contribution in [-0.4, -0.2) is 18.0 Å². The number of aryl methyl sites for hydroxylation is 1. The number of thiophene rings is 1. The third-order valence-electron chi connectivity index (χ3n) is 6.37. The van der Waals surface area contributed by atoms with Crippen LogP contribution in [0.1, 0.15) is 31.9 Å². The zero-order chi connectivity index (χ0) is 23.5. The quantitative estimate of drug-likeness (QED) is 0.250. The van der Waals surface area contributed by atoms with Crippen LogP contribution in [0.15, 0.2) is 54.9 Å². The van der Waals surface area contributed by atoms with E-state index in [-0.39, 0.29) is 5.41 Å². The molecule has 2 heterocycles. The first-order chi connectivity index (χ1) is 15.5. The highest BCUT2D eigenvalue weighted by molar-refractivity contribution is 7.26. The molecular formula is C29H32N2SSi.